The van der Waals surface area contributed by atoms with Crippen LogP contribution in [0.15, 0.2) is 24.3 Å². The molecule has 1 aliphatic carbocycles. The highest BCUT2D eigenvalue weighted by Crippen LogP contribution is 2.48. The Morgan fingerprint density at radius 3 is 2.31 bits per heavy atom. The molecule has 0 unspecified atom stereocenters. The Bertz CT molecular complexity index is 712. The van der Waals surface area contributed by atoms with Crippen LogP contribution < -0.4 is 9.64 Å². The summed E-state index contributed by atoms with van der Waals surface area (Å²) >= 11 is 0. The normalized spacial score (nSPS) is 28.8. The second-order valence-corrected chi connectivity index (χ2v) is 8.14. The first-order valence-corrected chi connectivity index (χ1v) is 10.0. The summed E-state index contributed by atoms with van der Waals surface area (Å²) in [5.74, 6) is 0.131. The summed E-state index contributed by atoms with van der Waals surface area (Å²) in [5, 5.41) is 10.6. The van der Waals surface area contributed by atoms with Crippen molar-refractivity contribution in [3.63, 3.8) is 0 Å². The summed E-state index contributed by atoms with van der Waals surface area (Å²) in [6, 6.07) is 6.14. The van der Waals surface area contributed by atoms with Gasteiger partial charge in [-0.2, -0.15) is 13.2 Å². The number of alkyl halides is 3. The number of anilines is 1. The number of ether oxygens (including phenoxy) is 2. The standard InChI is InChI=1S/C21H28F3NO4/c1-3-28-14-20(27)10-8-19(9-11-20)12-13-25(18(19)26)16-4-6-17(7-5-16)29-15(2)21(22,23)24/h4-7,15,27H,3,8-14H2,1-2H3/t15-,19-,20+/m1/s1. The van der Waals surface area contributed by atoms with Gasteiger partial charge in [-0.25, -0.2) is 0 Å². The van der Waals surface area contributed by atoms with Crippen molar-refractivity contribution in [2.75, 3.05) is 24.7 Å². The molecule has 1 aliphatic heterocycles. The van der Waals surface area contributed by atoms with Gasteiger partial charge in [-0.1, -0.05) is 0 Å². The highest BCUT2D eigenvalue weighted by Gasteiger charge is 2.51. The number of aliphatic hydroxyl groups is 1. The smallest absolute Gasteiger partial charge is 0.425 e. The molecule has 1 saturated carbocycles. The van der Waals surface area contributed by atoms with Crippen LogP contribution >= 0.6 is 0 Å². The van der Waals surface area contributed by atoms with E-state index in [1.165, 1.54) is 12.1 Å². The number of benzene rings is 1. The van der Waals surface area contributed by atoms with Crippen LogP contribution in [0, 0.1) is 5.41 Å². The number of nitrogens with zero attached hydrogens (tertiary/aromatic N) is 1. The number of carbonyl (C=O) groups excluding carboxylic acids is 1. The molecule has 0 radical (unpaired) electrons. The van der Waals surface area contributed by atoms with Crippen molar-refractivity contribution in [1.82, 2.24) is 0 Å². The third-order valence-electron chi connectivity index (χ3n) is 6.15. The first-order valence-electron chi connectivity index (χ1n) is 10.0. The Kier molecular flexibility index (Phi) is 6.15. The van der Waals surface area contributed by atoms with Crippen molar-refractivity contribution in [1.29, 1.82) is 0 Å². The summed E-state index contributed by atoms with van der Waals surface area (Å²) in [7, 11) is 0. The molecule has 2 aliphatic rings. The van der Waals surface area contributed by atoms with Crippen molar-refractivity contribution in [3.8, 4) is 5.75 Å². The largest absolute Gasteiger partial charge is 0.481 e. The molecule has 0 aromatic heterocycles. The highest BCUT2D eigenvalue weighted by molar-refractivity contribution is 6.00. The Morgan fingerprint density at radius 2 is 1.76 bits per heavy atom. The van der Waals surface area contributed by atoms with Gasteiger partial charge in [0.1, 0.15) is 5.75 Å². The van der Waals surface area contributed by atoms with Gasteiger partial charge in [0.15, 0.2) is 6.10 Å². The zero-order valence-electron chi connectivity index (χ0n) is 16.8. The Balaban J connectivity index is 1.63. The number of carbonyl (C=O) groups is 1. The van der Waals surface area contributed by atoms with E-state index in [1.807, 2.05) is 6.92 Å². The molecule has 0 bridgehead atoms. The topological polar surface area (TPSA) is 59.0 Å². The predicted molar refractivity (Wildman–Crippen MR) is 102 cm³/mol. The first-order chi connectivity index (χ1) is 13.6. The van der Waals surface area contributed by atoms with E-state index in [9.17, 15) is 23.1 Å². The van der Waals surface area contributed by atoms with E-state index in [-0.39, 0.29) is 18.3 Å². The third kappa shape index (κ3) is 4.69. The zero-order chi connectivity index (χ0) is 21.3. The number of hydrogen-bond donors (Lipinski definition) is 1. The molecule has 29 heavy (non-hydrogen) atoms. The lowest BCUT2D eigenvalue weighted by molar-refractivity contribution is -0.189. The zero-order valence-corrected chi connectivity index (χ0v) is 16.8. The highest BCUT2D eigenvalue weighted by atomic mass is 19.4. The van der Waals surface area contributed by atoms with Crippen molar-refractivity contribution in [2.45, 2.75) is 63.8 Å². The van der Waals surface area contributed by atoms with Gasteiger partial charge in [0.25, 0.3) is 0 Å². The van der Waals surface area contributed by atoms with Gasteiger partial charge >= 0.3 is 6.18 Å². The van der Waals surface area contributed by atoms with Gasteiger partial charge in [0, 0.05) is 18.8 Å². The molecule has 1 amide bonds. The third-order valence-corrected chi connectivity index (χ3v) is 6.15. The number of amides is 1. The van der Waals surface area contributed by atoms with Gasteiger partial charge in [-0.05, 0) is 70.2 Å². The molecule has 3 rings (SSSR count). The van der Waals surface area contributed by atoms with Crippen LogP contribution in [0.4, 0.5) is 18.9 Å². The van der Waals surface area contributed by atoms with Crippen LogP contribution in [0.5, 0.6) is 5.75 Å². The summed E-state index contributed by atoms with van der Waals surface area (Å²) in [6.07, 6.45) is -3.36. The van der Waals surface area contributed by atoms with E-state index in [0.717, 1.165) is 6.92 Å². The van der Waals surface area contributed by atoms with E-state index < -0.39 is 23.3 Å². The number of halogens is 3. The van der Waals surface area contributed by atoms with E-state index in [2.05, 4.69) is 0 Å². The predicted octanol–water partition coefficient (Wildman–Crippen LogP) is 4.08. The van der Waals surface area contributed by atoms with E-state index in [0.29, 0.717) is 50.9 Å². The van der Waals surface area contributed by atoms with Crippen molar-refractivity contribution in [3.05, 3.63) is 24.3 Å². The summed E-state index contributed by atoms with van der Waals surface area (Å²) < 4.78 is 48.2. The fraction of sp³-hybridized carbons (Fsp3) is 0.667. The molecule has 1 aromatic carbocycles. The molecule has 1 heterocycles. The number of hydrogen-bond acceptors (Lipinski definition) is 4. The van der Waals surface area contributed by atoms with E-state index >= 15 is 0 Å². The SMILES string of the molecule is CCOC[C@]1(O)CC[C@]2(CCN(c3ccc(O[C@H](C)C(F)(F)F)cc3)C2=O)CC1. The maximum absolute atomic E-state index is 13.1. The average Bonchev–Trinajstić information content (AvgIpc) is 2.99. The van der Waals surface area contributed by atoms with Gasteiger partial charge < -0.3 is 19.5 Å². The molecule has 1 aromatic rings. The molecule has 1 atom stereocenters. The molecular weight excluding hydrogens is 387 g/mol. The Labute approximate surface area is 168 Å². The average molecular weight is 415 g/mol. The Morgan fingerprint density at radius 1 is 1.14 bits per heavy atom. The number of rotatable bonds is 6. The molecular formula is C21H28F3NO4. The maximum atomic E-state index is 13.1. The quantitative estimate of drug-likeness (QED) is 0.761. The summed E-state index contributed by atoms with van der Waals surface area (Å²) in [4.78, 5) is 14.8. The monoisotopic (exact) mass is 415 g/mol. The second kappa shape index (κ2) is 8.14. The van der Waals surface area contributed by atoms with Gasteiger partial charge in [0.2, 0.25) is 5.91 Å². The van der Waals surface area contributed by atoms with Crippen LogP contribution in [0.3, 0.4) is 0 Å². The van der Waals surface area contributed by atoms with E-state index in [1.54, 1.807) is 17.0 Å². The van der Waals surface area contributed by atoms with Gasteiger partial charge in [0.05, 0.1) is 17.6 Å². The molecule has 2 fully saturated rings. The lowest BCUT2D eigenvalue weighted by Crippen LogP contribution is -2.45. The summed E-state index contributed by atoms with van der Waals surface area (Å²) in [5.41, 5.74) is -0.698. The first kappa shape index (κ1) is 21.9. The van der Waals surface area contributed by atoms with Crippen LogP contribution in [0.2, 0.25) is 0 Å². The van der Waals surface area contributed by atoms with Crippen molar-refractivity contribution < 1.29 is 32.5 Å². The lowest BCUT2D eigenvalue weighted by Gasteiger charge is -2.40. The van der Waals surface area contributed by atoms with Crippen LogP contribution in [0.1, 0.15) is 46.0 Å². The fourth-order valence-corrected chi connectivity index (χ4v) is 4.14. The second-order valence-electron chi connectivity index (χ2n) is 8.14. The minimum Gasteiger partial charge on any atom is -0.481 e. The fourth-order valence-electron chi connectivity index (χ4n) is 4.14. The molecule has 1 saturated heterocycles. The van der Waals surface area contributed by atoms with Crippen molar-refractivity contribution >= 4 is 11.6 Å². The molecule has 162 valence electrons. The van der Waals surface area contributed by atoms with E-state index in [4.69, 9.17) is 9.47 Å². The minimum atomic E-state index is -4.43. The Hall–Kier alpha value is -1.80. The summed E-state index contributed by atoms with van der Waals surface area (Å²) in [6.45, 7) is 4.22. The van der Waals surface area contributed by atoms with Crippen LogP contribution in [0.25, 0.3) is 0 Å². The van der Waals surface area contributed by atoms with Crippen LogP contribution in [-0.2, 0) is 9.53 Å². The van der Waals surface area contributed by atoms with Crippen molar-refractivity contribution in [2.24, 2.45) is 5.41 Å². The maximum Gasteiger partial charge on any atom is 0.425 e. The molecule has 1 spiro atoms. The van der Waals surface area contributed by atoms with Crippen LogP contribution in [-0.4, -0.2) is 48.7 Å². The minimum absolute atomic E-state index is 0.0216. The van der Waals surface area contributed by atoms with Gasteiger partial charge in [-0.3, -0.25) is 4.79 Å². The molecule has 1 N–H and O–H groups in total. The molecule has 5 nitrogen and oxygen atoms in total. The lowest BCUT2D eigenvalue weighted by atomic mass is 9.68. The molecule has 8 heteroatoms. The van der Waals surface area contributed by atoms with Gasteiger partial charge in [-0.15, -0.1) is 0 Å².